The Hall–Kier alpha value is -2.40. The van der Waals surface area contributed by atoms with Crippen molar-refractivity contribution in [2.45, 2.75) is 13.5 Å². The molecule has 0 heterocycles. The van der Waals surface area contributed by atoms with Crippen molar-refractivity contribution in [2.24, 2.45) is 10.2 Å². The van der Waals surface area contributed by atoms with Crippen LogP contribution in [0.4, 0.5) is 11.4 Å². The number of azo groups is 1. The predicted octanol–water partition coefficient (Wildman–Crippen LogP) is 3.62. The van der Waals surface area contributed by atoms with E-state index in [1.54, 1.807) is 43.5 Å². The van der Waals surface area contributed by atoms with E-state index >= 15 is 0 Å². The van der Waals surface area contributed by atoms with E-state index in [0.29, 0.717) is 16.9 Å². The van der Waals surface area contributed by atoms with Crippen LogP contribution in [-0.4, -0.2) is 17.3 Å². The molecular weight excluding hydrogens is 256 g/mol. The van der Waals surface area contributed by atoms with Gasteiger partial charge in [0.25, 0.3) is 0 Å². The number of aliphatic hydroxyl groups is 1. The quantitative estimate of drug-likeness (QED) is 0.835. The molecule has 2 N–H and O–H groups in total. The van der Waals surface area contributed by atoms with Crippen molar-refractivity contribution < 1.29 is 14.9 Å². The average molecular weight is 272 g/mol. The number of hydrogen-bond donors (Lipinski definition) is 2. The lowest BCUT2D eigenvalue weighted by atomic mass is 10.1. The SMILES string of the molecule is COc1ccc(N=Nc2cc(C)cc(CO)c2O)cc1. The molecule has 2 aromatic rings. The summed E-state index contributed by atoms with van der Waals surface area (Å²) in [6, 6.07) is 10.5. The zero-order valence-corrected chi connectivity index (χ0v) is 11.4. The van der Waals surface area contributed by atoms with Crippen LogP contribution in [0.5, 0.6) is 11.5 Å². The molecule has 0 unspecified atom stereocenters. The predicted molar refractivity (Wildman–Crippen MR) is 75.9 cm³/mol. The topological polar surface area (TPSA) is 74.4 Å². The first kappa shape index (κ1) is 14.0. The van der Waals surface area contributed by atoms with Gasteiger partial charge in [-0.25, -0.2) is 0 Å². The minimum Gasteiger partial charge on any atom is -0.505 e. The maximum Gasteiger partial charge on any atom is 0.148 e. The largest absolute Gasteiger partial charge is 0.505 e. The summed E-state index contributed by atoms with van der Waals surface area (Å²) in [6.07, 6.45) is 0. The molecule has 0 atom stereocenters. The second-order valence-corrected chi connectivity index (χ2v) is 4.35. The van der Waals surface area contributed by atoms with Crippen molar-refractivity contribution in [3.8, 4) is 11.5 Å². The van der Waals surface area contributed by atoms with Gasteiger partial charge in [-0.05, 0) is 48.9 Å². The zero-order valence-electron chi connectivity index (χ0n) is 11.4. The number of phenols is 1. The standard InChI is InChI=1S/C15H16N2O3/c1-10-7-11(9-18)15(19)14(8-10)17-16-12-3-5-13(20-2)6-4-12/h3-8,18-19H,9H2,1-2H3. The van der Waals surface area contributed by atoms with E-state index in [2.05, 4.69) is 10.2 Å². The van der Waals surface area contributed by atoms with Crippen LogP contribution in [0.3, 0.4) is 0 Å². The second-order valence-electron chi connectivity index (χ2n) is 4.35. The van der Waals surface area contributed by atoms with Gasteiger partial charge in [-0.3, -0.25) is 0 Å². The van der Waals surface area contributed by atoms with Crippen LogP contribution in [0, 0.1) is 6.92 Å². The third-order valence-electron chi connectivity index (χ3n) is 2.83. The minimum atomic E-state index is -0.238. The van der Waals surface area contributed by atoms with Gasteiger partial charge >= 0.3 is 0 Å². The maximum atomic E-state index is 9.94. The zero-order chi connectivity index (χ0) is 14.5. The molecule has 0 aliphatic carbocycles. The fourth-order valence-electron chi connectivity index (χ4n) is 1.79. The van der Waals surface area contributed by atoms with Crippen molar-refractivity contribution in [1.82, 2.24) is 0 Å². The van der Waals surface area contributed by atoms with Gasteiger partial charge in [0.2, 0.25) is 0 Å². The Balaban J connectivity index is 2.28. The van der Waals surface area contributed by atoms with Crippen LogP contribution >= 0.6 is 0 Å². The molecule has 0 aromatic heterocycles. The fraction of sp³-hybridized carbons (Fsp3) is 0.200. The molecule has 0 radical (unpaired) electrons. The highest BCUT2D eigenvalue weighted by molar-refractivity contribution is 5.57. The van der Waals surface area contributed by atoms with Crippen LogP contribution < -0.4 is 4.74 Å². The molecule has 0 spiro atoms. The van der Waals surface area contributed by atoms with Gasteiger partial charge in [0.05, 0.1) is 19.4 Å². The van der Waals surface area contributed by atoms with Gasteiger partial charge in [0.1, 0.15) is 17.2 Å². The first-order chi connectivity index (χ1) is 9.63. The van der Waals surface area contributed by atoms with Gasteiger partial charge in [-0.1, -0.05) is 0 Å². The van der Waals surface area contributed by atoms with Crippen molar-refractivity contribution in [3.05, 3.63) is 47.5 Å². The van der Waals surface area contributed by atoms with E-state index in [9.17, 15) is 5.11 Å². The number of nitrogens with zero attached hydrogens (tertiary/aromatic N) is 2. The van der Waals surface area contributed by atoms with Gasteiger partial charge in [0.15, 0.2) is 0 Å². The lowest BCUT2D eigenvalue weighted by molar-refractivity contribution is 0.275. The summed E-state index contributed by atoms with van der Waals surface area (Å²) in [4.78, 5) is 0. The highest BCUT2D eigenvalue weighted by atomic mass is 16.5. The summed E-state index contributed by atoms with van der Waals surface area (Å²) in [7, 11) is 1.59. The van der Waals surface area contributed by atoms with Crippen LogP contribution in [0.2, 0.25) is 0 Å². The van der Waals surface area contributed by atoms with Crippen LogP contribution in [0.15, 0.2) is 46.6 Å². The van der Waals surface area contributed by atoms with E-state index in [0.717, 1.165) is 11.3 Å². The third-order valence-corrected chi connectivity index (χ3v) is 2.83. The summed E-state index contributed by atoms with van der Waals surface area (Å²) in [6.45, 7) is 1.63. The van der Waals surface area contributed by atoms with E-state index in [4.69, 9.17) is 9.84 Å². The average Bonchev–Trinajstić information content (AvgIpc) is 2.48. The molecule has 0 saturated heterocycles. The molecular formula is C15H16N2O3. The summed E-state index contributed by atoms with van der Waals surface area (Å²) in [5.41, 5.74) is 2.33. The lowest BCUT2D eigenvalue weighted by Crippen LogP contribution is -1.86. The Labute approximate surface area is 117 Å². The van der Waals surface area contributed by atoms with E-state index < -0.39 is 0 Å². The number of aromatic hydroxyl groups is 1. The highest BCUT2D eigenvalue weighted by Gasteiger charge is 2.07. The number of aliphatic hydroxyl groups excluding tert-OH is 1. The molecule has 0 fully saturated rings. The summed E-state index contributed by atoms with van der Waals surface area (Å²) in [5, 5.41) is 27.2. The van der Waals surface area contributed by atoms with Gasteiger partial charge < -0.3 is 14.9 Å². The number of rotatable bonds is 4. The molecule has 20 heavy (non-hydrogen) atoms. The molecule has 0 aliphatic heterocycles. The maximum absolute atomic E-state index is 9.94. The Morgan fingerprint density at radius 2 is 1.80 bits per heavy atom. The van der Waals surface area contributed by atoms with Crippen molar-refractivity contribution in [1.29, 1.82) is 0 Å². The smallest absolute Gasteiger partial charge is 0.148 e. The van der Waals surface area contributed by atoms with E-state index in [-0.39, 0.29) is 12.4 Å². The van der Waals surface area contributed by atoms with Crippen LogP contribution in [0.25, 0.3) is 0 Å². The van der Waals surface area contributed by atoms with E-state index in [1.165, 1.54) is 0 Å². The Morgan fingerprint density at radius 1 is 1.10 bits per heavy atom. The van der Waals surface area contributed by atoms with Crippen LogP contribution in [0.1, 0.15) is 11.1 Å². The van der Waals surface area contributed by atoms with Gasteiger partial charge in [-0.2, -0.15) is 5.11 Å². The number of methoxy groups -OCH3 is 1. The molecule has 5 heteroatoms. The lowest BCUT2D eigenvalue weighted by Gasteiger charge is -2.05. The molecule has 104 valence electrons. The Bertz CT molecular complexity index is 622. The number of ether oxygens (including phenoxy) is 1. The Morgan fingerprint density at radius 3 is 2.40 bits per heavy atom. The van der Waals surface area contributed by atoms with Gasteiger partial charge in [0, 0.05) is 5.56 Å². The summed E-state index contributed by atoms with van der Waals surface area (Å²) < 4.78 is 5.06. The normalized spacial score (nSPS) is 10.9. The molecule has 0 saturated carbocycles. The first-order valence-electron chi connectivity index (χ1n) is 6.13. The Kier molecular flexibility index (Phi) is 4.32. The molecule has 2 aromatic carbocycles. The molecule has 5 nitrogen and oxygen atoms in total. The number of aryl methyl sites for hydroxylation is 1. The first-order valence-corrected chi connectivity index (χ1v) is 6.13. The highest BCUT2D eigenvalue weighted by Crippen LogP contribution is 2.33. The summed E-state index contributed by atoms with van der Waals surface area (Å²) >= 11 is 0. The molecule has 0 aliphatic rings. The van der Waals surface area contributed by atoms with Crippen molar-refractivity contribution >= 4 is 11.4 Å². The van der Waals surface area contributed by atoms with Gasteiger partial charge in [-0.15, -0.1) is 5.11 Å². The third kappa shape index (κ3) is 3.13. The van der Waals surface area contributed by atoms with E-state index in [1.807, 2.05) is 6.92 Å². The number of hydrogen-bond acceptors (Lipinski definition) is 5. The molecule has 0 bridgehead atoms. The molecule has 2 rings (SSSR count). The minimum absolute atomic E-state index is 0.0460. The fourth-order valence-corrected chi connectivity index (χ4v) is 1.79. The van der Waals surface area contributed by atoms with Crippen LogP contribution in [-0.2, 0) is 6.61 Å². The van der Waals surface area contributed by atoms with Crippen molar-refractivity contribution in [3.63, 3.8) is 0 Å². The monoisotopic (exact) mass is 272 g/mol. The van der Waals surface area contributed by atoms with Crippen molar-refractivity contribution in [2.75, 3.05) is 7.11 Å². The summed E-state index contributed by atoms with van der Waals surface area (Å²) in [5.74, 6) is 0.695. The molecule has 0 amide bonds. The number of benzene rings is 2. The second kappa shape index (κ2) is 6.16.